The van der Waals surface area contributed by atoms with Crippen molar-refractivity contribution in [1.82, 2.24) is 14.5 Å². The molecule has 2 fully saturated rings. The number of nitrogens with zero attached hydrogens (tertiary/aromatic N) is 3. The molecule has 3 aliphatic carbocycles. The van der Waals surface area contributed by atoms with E-state index in [1.165, 1.54) is 25.3 Å². The van der Waals surface area contributed by atoms with E-state index in [0.29, 0.717) is 36.0 Å². The van der Waals surface area contributed by atoms with Crippen LogP contribution in [0, 0.1) is 18.8 Å². The summed E-state index contributed by atoms with van der Waals surface area (Å²) < 4.78 is 30.2. The van der Waals surface area contributed by atoms with E-state index in [9.17, 15) is 13.6 Å². The molecule has 2 heterocycles. The lowest BCUT2D eigenvalue weighted by atomic mass is 9.75. The number of aryl methyl sites for hydroxylation is 1. The molecule has 0 saturated heterocycles. The van der Waals surface area contributed by atoms with Crippen LogP contribution in [0.5, 0.6) is 0 Å². The first-order valence-corrected chi connectivity index (χ1v) is 11.5. The number of hydrogen-bond donors (Lipinski definition) is 1. The monoisotopic (exact) mass is 436 g/mol. The van der Waals surface area contributed by atoms with Crippen LogP contribution in [0.25, 0.3) is 10.9 Å². The molecule has 7 heteroatoms. The Morgan fingerprint density at radius 2 is 2.03 bits per heavy atom. The lowest BCUT2D eigenvalue weighted by Gasteiger charge is -2.34. The summed E-state index contributed by atoms with van der Waals surface area (Å²) in [5.74, 6) is -0.178. The van der Waals surface area contributed by atoms with Gasteiger partial charge in [-0.2, -0.15) is 0 Å². The third-order valence-corrected chi connectivity index (χ3v) is 7.83. The predicted molar refractivity (Wildman–Crippen MR) is 119 cm³/mol. The zero-order valence-electron chi connectivity index (χ0n) is 18.1. The van der Waals surface area contributed by atoms with Gasteiger partial charge in [-0.15, -0.1) is 0 Å². The number of halogens is 2. The van der Waals surface area contributed by atoms with Gasteiger partial charge in [-0.25, -0.2) is 18.7 Å². The van der Waals surface area contributed by atoms with Crippen LogP contribution in [0.2, 0.25) is 0 Å². The minimum absolute atomic E-state index is 0.0118. The third-order valence-electron chi connectivity index (χ3n) is 7.83. The fraction of sp³-hybridized carbons (Fsp3) is 0.480. The summed E-state index contributed by atoms with van der Waals surface area (Å²) in [5.41, 5.74) is 2.35. The lowest BCUT2D eigenvalue weighted by Crippen LogP contribution is -2.32. The normalized spacial score (nSPS) is 25.4. The Labute approximate surface area is 184 Å². The van der Waals surface area contributed by atoms with Gasteiger partial charge in [-0.1, -0.05) is 18.2 Å². The second-order valence-electron chi connectivity index (χ2n) is 9.58. The maximum absolute atomic E-state index is 14.2. The van der Waals surface area contributed by atoms with Gasteiger partial charge in [0.2, 0.25) is 0 Å². The molecule has 5 nitrogen and oxygen atoms in total. The van der Waals surface area contributed by atoms with Gasteiger partial charge in [-0.05, 0) is 62.0 Å². The molecule has 2 aromatic heterocycles. The van der Waals surface area contributed by atoms with Crippen LogP contribution in [-0.4, -0.2) is 14.5 Å². The first-order valence-electron chi connectivity index (χ1n) is 11.5. The minimum Gasteiger partial charge on any atom is -0.365 e. The molecule has 1 aromatic carbocycles. The van der Waals surface area contributed by atoms with Gasteiger partial charge in [0, 0.05) is 36.8 Å². The van der Waals surface area contributed by atoms with E-state index in [0.717, 1.165) is 28.9 Å². The fourth-order valence-electron chi connectivity index (χ4n) is 6.07. The van der Waals surface area contributed by atoms with Crippen molar-refractivity contribution in [2.24, 2.45) is 11.8 Å². The molecular formula is C25H26F2N4O. The van der Waals surface area contributed by atoms with Gasteiger partial charge >= 0.3 is 0 Å². The summed E-state index contributed by atoms with van der Waals surface area (Å²) in [6, 6.07) is 6.99. The number of fused-ring (bicyclic) bond motifs is 3. The van der Waals surface area contributed by atoms with E-state index in [-0.39, 0.29) is 23.6 Å². The number of nitrogens with one attached hydrogen (secondary N) is 1. The summed E-state index contributed by atoms with van der Waals surface area (Å²) in [6.07, 6.45) is 6.87. The Kier molecular flexibility index (Phi) is 4.39. The Balaban J connectivity index is 1.36. The highest BCUT2D eigenvalue weighted by molar-refractivity contribution is 5.88. The van der Waals surface area contributed by atoms with Gasteiger partial charge in [0.25, 0.3) is 11.5 Å². The average Bonchev–Trinajstić information content (AvgIpc) is 3.20. The van der Waals surface area contributed by atoms with Crippen LogP contribution in [0.4, 0.5) is 14.6 Å². The topological polar surface area (TPSA) is 59.8 Å². The molecule has 0 amide bonds. The molecule has 2 saturated carbocycles. The standard InChI is InChI=1S/C25H26F2N4O/c1-14-29-21-11-23(32)31(22-8-6-15-5-7-18(15)22)13-19(21)24(30-14)28-12-16-3-2-4-20-17(16)9-10-25(20,26)27/h2-4,11,13,15,18,22H,5-10,12H2,1H3,(H,28,29,30). The van der Waals surface area contributed by atoms with E-state index in [4.69, 9.17) is 0 Å². The van der Waals surface area contributed by atoms with Crippen LogP contribution in [0.15, 0.2) is 35.3 Å². The Bertz CT molecular complexity index is 1280. The first kappa shape index (κ1) is 19.8. The molecular weight excluding hydrogens is 410 g/mol. The van der Waals surface area contributed by atoms with Crippen LogP contribution in [0.1, 0.15) is 60.7 Å². The predicted octanol–water partition coefficient (Wildman–Crippen LogP) is 5.11. The van der Waals surface area contributed by atoms with Gasteiger partial charge in [-0.3, -0.25) is 4.79 Å². The number of alkyl halides is 2. The molecule has 0 spiro atoms. The number of hydrogen-bond acceptors (Lipinski definition) is 4. The van der Waals surface area contributed by atoms with E-state index in [1.807, 2.05) is 16.8 Å². The molecule has 6 rings (SSSR count). The highest BCUT2D eigenvalue weighted by Gasteiger charge is 2.43. The first-order chi connectivity index (χ1) is 15.4. The van der Waals surface area contributed by atoms with Crippen molar-refractivity contribution < 1.29 is 8.78 Å². The SMILES string of the molecule is Cc1nc(NCc2cccc3c2CCC3(F)F)c2cn(C3CCC4CCC43)c(=O)cc2n1. The lowest BCUT2D eigenvalue weighted by molar-refractivity contribution is -0.00184. The summed E-state index contributed by atoms with van der Waals surface area (Å²) >= 11 is 0. The molecule has 3 atom stereocenters. The summed E-state index contributed by atoms with van der Waals surface area (Å²) in [6.45, 7) is 2.20. The van der Waals surface area contributed by atoms with E-state index >= 15 is 0 Å². The largest absolute Gasteiger partial charge is 0.365 e. The number of aromatic nitrogens is 3. The summed E-state index contributed by atoms with van der Waals surface area (Å²) in [5, 5.41) is 4.16. The molecule has 0 aliphatic heterocycles. The van der Waals surface area contributed by atoms with Crippen LogP contribution >= 0.6 is 0 Å². The second-order valence-corrected chi connectivity index (χ2v) is 9.58. The molecule has 1 N–H and O–H groups in total. The van der Waals surface area contributed by atoms with Crippen LogP contribution in [-0.2, 0) is 18.9 Å². The molecule has 3 unspecified atom stereocenters. The van der Waals surface area contributed by atoms with E-state index < -0.39 is 5.92 Å². The van der Waals surface area contributed by atoms with Gasteiger partial charge in [0.15, 0.2) is 0 Å². The third kappa shape index (κ3) is 3.05. The maximum Gasteiger partial charge on any atom is 0.273 e. The molecule has 166 valence electrons. The Morgan fingerprint density at radius 3 is 2.81 bits per heavy atom. The van der Waals surface area contributed by atoms with Crippen molar-refractivity contribution in [1.29, 1.82) is 0 Å². The highest BCUT2D eigenvalue weighted by Crippen LogP contribution is 2.52. The second kappa shape index (κ2) is 7.09. The molecule has 3 aliphatic rings. The Morgan fingerprint density at radius 1 is 1.19 bits per heavy atom. The minimum atomic E-state index is -2.75. The van der Waals surface area contributed by atoms with Crippen LogP contribution < -0.4 is 10.9 Å². The maximum atomic E-state index is 14.2. The molecule has 3 aromatic rings. The summed E-state index contributed by atoms with van der Waals surface area (Å²) in [7, 11) is 0. The smallest absolute Gasteiger partial charge is 0.273 e. The van der Waals surface area contributed by atoms with Gasteiger partial charge in [0.05, 0.1) is 10.9 Å². The summed E-state index contributed by atoms with van der Waals surface area (Å²) in [4.78, 5) is 22.0. The fourth-order valence-corrected chi connectivity index (χ4v) is 6.07. The average molecular weight is 437 g/mol. The van der Waals surface area contributed by atoms with E-state index in [1.54, 1.807) is 19.1 Å². The van der Waals surface area contributed by atoms with Crippen molar-refractivity contribution in [2.75, 3.05) is 5.32 Å². The number of pyridine rings is 1. The zero-order valence-corrected chi connectivity index (χ0v) is 18.1. The van der Waals surface area contributed by atoms with Crippen molar-refractivity contribution >= 4 is 16.7 Å². The van der Waals surface area contributed by atoms with E-state index in [2.05, 4.69) is 15.3 Å². The number of benzene rings is 1. The number of rotatable bonds is 4. The number of anilines is 1. The van der Waals surface area contributed by atoms with Crippen LogP contribution in [0.3, 0.4) is 0 Å². The van der Waals surface area contributed by atoms with Crippen molar-refractivity contribution in [3.8, 4) is 0 Å². The van der Waals surface area contributed by atoms with Crippen molar-refractivity contribution in [3.05, 3.63) is 63.3 Å². The Hall–Kier alpha value is -2.83. The zero-order chi connectivity index (χ0) is 22.0. The van der Waals surface area contributed by atoms with Gasteiger partial charge in [0.1, 0.15) is 11.6 Å². The van der Waals surface area contributed by atoms with Crippen molar-refractivity contribution in [3.63, 3.8) is 0 Å². The quantitative estimate of drug-likeness (QED) is 0.617. The van der Waals surface area contributed by atoms with Crippen molar-refractivity contribution in [2.45, 2.75) is 64.0 Å². The molecule has 0 radical (unpaired) electrons. The molecule has 0 bridgehead atoms. The highest BCUT2D eigenvalue weighted by atomic mass is 19.3. The van der Waals surface area contributed by atoms with Gasteiger partial charge < -0.3 is 9.88 Å². The molecule has 32 heavy (non-hydrogen) atoms.